The third-order valence-electron chi connectivity index (χ3n) is 7.16. The Hall–Kier alpha value is -3.63. The number of hydrogen-bond donors (Lipinski definition) is 2. The van der Waals surface area contributed by atoms with Gasteiger partial charge in [0.05, 0.1) is 11.3 Å². The molecule has 0 bridgehead atoms. The summed E-state index contributed by atoms with van der Waals surface area (Å²) in [6.07, 6.45) is 4.61. The fourth-order valence-corrected chi connectivity index (χ4v) is 6.94. The number of ether oxygens (including phenoxy) is 1. The molecule has 2 aromatic carbocycles. The van der Waals surface area contributed by atoms with Crippen molar-refractivity contribution in [2.45, 2.75) is 63.8 Å². The van der Waals surface area contributed by atoms with Crippen molar-refractivity contribution in [1.29, 1.82) is 0 Å². The van der Waals surface area contributed by atoms with Crippen LogP contribution < -0.4 is 15.4 Å². The fourth-order valence-electron chi connectivity index (χ4n) is 4.92. The number of fused-ring (bicyclic) bond motifs is 1. The van der Waals surface area contributed by atoms with Crippen LogP contribution >= 0.6 is 23.1 Å². The minimum atomic E-state index is -0.308. The molecule has 0 fully saturated rings. The lowest BCUT2D eigenvalue weighted by atomic mass is 9.95. The van der Waals surface area contributed by atoms with Crippen LogP contribution in [0.5, 0.6) is 5.75 Å². The number of thioether (sulfide) groups is 1. The number of rotatable bonds is 11. The summed E-state index contributed by atoms with van der Waals surface area (Å²) < 4.78 is 7.93. The van der Waals surface area contributed by atoms with E-state index in [1.165, 1.54) is 33.5 Å². The van der Waals surface area contributed by atoms with E-state index in [2.05, 4.69) is 39.9 Å². The first-order valence-electron chi connectivity index (χ1n) is 14.0. The number of carbonyl (C=O) groups is 2. The van der Waals surface area contributed by atoms with E-state index < -0.39 is 0 Å². The molecule has 2 heterocycles. The quantitative estimate of drug-likeness (QED) is 0.205. The lowest BCUT2D eigenvalue weighted by Crippen LogP contribution is -2.25. The second kappa shape index (κ2) is 13.4. The molecule has 214 valence electrons. The molecule has 2 amide bonds. The van der Waals surface area contributed by atoms with Gasteiger partial charge < -0.3 is 19.9 Å². The molecule has 1 aliphatic rings. The van der Waals surface area contributed by atoms with Crippen molar-refractivity contribution in [2.75, 3.05) is 11.1 Å². The monoisotopic (exact) mass is 589 g/mol. The third kappa shape index (κ3) is 7.00. The number of amides is 2. The van der Waals surface area contributed by atoms with E-state index >= 15 is 0 Å². The zero-order chi connectivity index (χ0) is 28.8. The number of thiophene rings is 1. The van der Waals surface area contributed by atoms with E-state index in [9.17, 15) is 9.59 Å². The van der Waals surface area contributed by atoms with Gasteiger partial charge in [-0.1, -0.05) is 61.2 Å². The summed E-state index contributed by atoms with van der Waals surface area (Å²) in [5.41, 5.74) is 3.97. The molecule has 0 saturated heterocycles. The van der Waals surface area contributed by atoms with Crippen molar-refractivity contribution < 1.29 is 14.3 Å². The first-order valence-corrected chi connectivity index (χ1v) is 15.8. The number of nitrogens with zero attached hydrogens (tertiary/aromatic N) is 3. The molecule has 0 radical (unpaired) electrons. The highest BCUT2D eigenvalue weighted by molar-refractivity contribution is 7.99. The van der Waals surface area contributed by atoms with Crippen LogP contribution in [-0.2, 0) is 37.6 Å². The van der Waals surface area contributed by atoms with Gasteiger partial charge in [-0.3, -0.25) is 9.59 Å². The van der Waals surface area contributed by atoms with Gasteiger partial charge in [-0.15, -0.1) is 21.5 Å². The number of carbonyl (C=O) groups excluding carboxylic acids is 2. The van der Waals surface area contributed by atoms with Crippen molar-refractivity contribution in [3.8, 4) is 5.75 Å². The molecule has 1 atom stereocenters. The molecule has 5 rings (SSSR count). The Balaban J connectivity index is 1.22. The second-order valence-electron chi connectivity index (χ2n) is 10.1. The predicted molar refractivity (Wildman–Crippen MR) is 164 cm³/mol. The first kappa shape index (κ1) is 28.9. The van der Waals surface area contributed by atoms with Crippen LogP contribution in [-0.4, -0.2) is 32.3 Å². The first-order chi connectivity index (χ1) is 19.9. The van der Waals surface area contributed by atoms with E-state index in [0.717, 1.165) is 49.0 Å². The maximum atomic E-state index is 13.3. The molecule has 0 spiro atoms. The Labute approximate surface area is 248 Å². The van der Waals surface area contributed by atoms with Crippen LogP contribution in [0.25, 0.3) is 0 Å². The largest absolute Gasteiger partial charge is 0.483 e. The van der Waals surface area contributed by atoms with Gasteiger partial charge >= 0.3 is 0 Å². The highest BCUT2D eigenvalue weighted by Crippen LogP contribution is 2.38. The van der Waals surface area contributed by atoms with E-state index in [4.69, 9.17) is 4.74 Å². The number of nitrogens with one attached hydrogen (secondary N) is 2. The minimum absolute atomic E-state index is 0.146. The molecule has 41 heavy (non-hydrogen) atoms. The van der Waals surface area contributed by atoms with Crippen LogP contribution in [0.1, 0.15) is 70.5 Å². The van der Waals surface area contributed by atoms with Gasteiger partial charge in [-0.25, -0.2) is 0 Å². The lowest BCUT2D eigenvalue weighted by molar-refractivity contribution is -0.113. The molecule has 10 heteroatoms. The second-order valence-corrected chi connectivity index (χ2v) is 12.1. The van der Waals surface area contributed by atoms with E-state index in [0.29, 0.717) is 28.1 Å². The molecule has 2 aromatic heterocycles. The van der Waals surface area contributed by atoms with Crippen molar-refractivity contribution in [3.63, 3.8) is 0 Å². The van der Waals surface area contributed by atoms with Gasteiger partial charge in [0.1, 0.15) is 10.8 Å². The molecular formula is C31H35N5O3S2. The number of hydrogen-bond acceptors (Lipinski definition) is 7. The molecule has 0 aliphatic heterocycles. The molecule has 4 aromatic rings. The summed E-state index contributed by atoms with van der Waals surface area (Å²) in [6, 6.07) is 17.9. The van der Waals surface area contributed by atoms with Crippen LogP contribution in [0, 0.1) is 0 Å². The van der Waals surface area contributed by atoms with Gasteiger partial charge in [-0.05, 0) is 67.9 Å². The summed E-state index contributed by atoms with van der Waals surface area (Å²) in [6.45, 7) is 4.49. The van der Waals surface area contributed by atoms with Gasteiger partial charge in [0.2, 0.25) is 5.91 Å². The highest BCUT2D eigenvalue weighted by Gasteiger charge is 2.26. The van der Waals surface area contributed by atoms with Gasteiger partial charge in [0.15, 0.2) is 17.1 Å². The van der Waals surface area contributed by atoms with Crippen molar-refractivity contribution in [2.24, 2.45) is 7.05 Å². The topological polar surface area (TPSA) is 98.1 Å². The molecule has 0 saturated carbocycles. The summed E-state index contributed by atoms with van der Waals surface area (Å²) >= 11 is 2.83. The normalized spacial score (nSPS) is 13.3. The average Bonchev–Trinajstić information content (AvgIpc) is 3.55. The smallest absolute Gasteiger partial charge is 0.254 e. The fraction of sp³-hybridized carbons (Fsp3) is 0.355. The number of benzene rings is 2. The lowest BCUT2D eigenvalue weighted by Gasteiger charge is -2.14. The minimum Gasteiger partial charge on any atom is -0.483 e. The average molecular weight is 590 g/mol. The van der Waals surface area contributed by atoms with E-state index in [1.807, 2.05) is 61.0 Å². The molecule has 0 unspecified atom stereocenters. The SMILES string of the molecule is CCc1ccc(O[C@@H](C)c2nnc(SCC(=O)Nc3sc4c(c3C(=O)NCc3ccccc3)CCCC4)n2C)cc1. The Bertz CT molecular complexity index is 1500. The van der Waals surface area contributed by atoms with Gasteiger partial charge in [-0.2, -0.15) is 0 Å². The van der Waals surface area contributed by atoms with Crippen LogP contribution in [0.3, 0.4) is 0 Å². The van der Waals surface area contributed by atoms with Crippen molar-refractivity contribution >= 4 is 39.9 Å². The zero-order valence-electron chi connectivity index (χ0n) is 23.6. The summed E-state index contributed by atoms with van der Waals surface area (Å²) in [5, 5.41) is 15.9. The predicted octanol–water partition coefficient (Wildman–Crippen LogP) is 6.12. The number of anilines is 1. The highest BCUT2D eigenvalue weighted by atomic mass is 32.2. The Morgan fingerprint density at radius 3 is 2.56 bits per heavy atom. The third-order valence-corrected chi connectivity index (χ3v) is 9.38. The van der Waals surface area contributed by atoms with E-state index in [-0.39, 0.29) is 23.7 Å². The Morgan fingerprint density at radius 1 is 1.05 bits per heavy atom. The van der Waals surface area contributed by atoms with Crippen molar-refractivity contribution in [3.05, 3.63) is 87.6 Å². The summed E-state index contributed by atoms with van der Waals surface area (Å²) in [4.78, 5) is 27.6. The zero-order valence-corrected chi connectivity index (χ0v) is 25.2. The molecule has 8 nitrogen and oxygen atoms in total. The standard InChI is InChI=1S/C31H35N5O3S2/c1-4-21-14-16-23(17-15-21)39-20(2)28-34-35-31(36(28)3)40-19-26(37)33-30-27(24-12-8-9-13-25(24)41-30)29(38)32-18-22-10-6-5-7-11-22/h5-7,10-11,14-17,20H,4,8-9,12-13,18-19H2,1-3H3,(H,32,38)(H,33,37)/t20-/m0/s1. The Kier molecular flexibility index (Phi) is 9.41. The number of aryl methyl sites for hydroxylation is 2. The van der Waals surface area contributed by atoms with Crippen LogP contribution in [0.2, 0.25) is 0 Å². The van der Waals surface area contributed by atoms with Crippen LogP contribution in [0.15, 0.2) is 59.8 Å². The maximum Gasteiger partial charge on any atom is 0.254 e. The van der Waals surface area contributed by atoms with Gasteiger partial charge in [0, 0.05) is 18.5 Å². The van der Waals surface area contributed by atoms with Crippen LogP contribution in [0.4, 0.5) is 5.00 Å². The Morgan fingerprint density at radius 2 is 1.80 bits per heavy atom. The molecule has 2 N–H and O–H groups in total. The van der Waals surface area contributed by atoms with Gasteiger partial charge in [0.25, 0.3) is 5.91 Å². The summed E-state index contributed by atoms with van der Waals surface area (Å²) in [5.74, 6) is 1.26. The summed E-state index contributed by atoms with van der Waals surface area (Å²) in [7, 11) is 1.87. The molecular weight excluding hydrogens is 555 g/mol. The maximum absolute atomic E-state index is 13.3. The number of aromatic nitrogens is 3. The van der Waals surface area contributed by atoms with Crippen molar-refractivity contribution in [1.82, 2.24) is 20.1 Å². The molecule has 1 aliphatic carbocycles. The van der Waals surface area contributed by atoms with E-state index in [1.54, 1.807) is 0 Å².